The molecule has 0 fully saturated rings. The van der Waals surface area contributed by atoms with Gasteiger partial charge >= 0.3 is 0 Å². The fourth-order valence-corrected chi connectivity index (χ4v) is 4.32. The Bertz CT molecular complexity index is 1220. The lowest BCUT2D eigenvalue weighted by molar-refractivity contribution is -0.113. The van der Waals surface area contributed by atoms with Crippen molar-refractivity contribution in [2.24, 2.45) is 0 Å². The average Bonchev–Trinajstić information content (AvgIpc) is 3.16. The number of aromatic nitrogens is 3. The van der Waals surface area contributed by atoms with Crippen LogP contribution in [0.3, 0.4) is 0 Å². The van der Waals surface area contributed by atoms with E-state index in [1.807, 2.05) is 54.0 Å². The van der Waals surface area contributed by atoms with E-state index in [-0.39, 0.29) is 17.4 Å². The second kappa shape index (κ2) is 8.89. The van der Waals surface area contributed by atoms with Gasteiger partial charge in [-0.05, 0) is 48.0 Å². The number of aromatic hydroxyl groups is 1. The molecule has 152 valence electrons. The summed E-state index contributed by atoms with van der Waals surface area (Å²) in [6.07, 6.45) is 0. The molecule has 0 atom stereocenters. The molecule has 0 unspecified atom stereocenters. The molecule has 0 saturated heterocycles. The van der Waals surface area contributed by atoms with Crippen LogP contribution in [0.4, 0.5) is 5.69 Å². The minimum Gasteiger partial charge on any atom is -0.507 e. The second-order valence-corrected chi connectivity index (χ2v) is 8.47. The maximum atomic E-state index is 12.5. The molecule has 0 bridgehead atoms. The van der Waals surface area contributed by atoms with Crippen LogP contribution in [0.15, 0.2) is 70.3 Å². The molecule has 2 N–H and O–H groups in total. The first-order chi connectivity index (χ1) is 14.5. The third-order valence-corrected chi connectivity index (χ3v) is 6.06. The van der Waals surface area contributed by atoms with Gasteiger partial charge in [0.05, 0.1) is 11.3 Å². The Morgan fingerprint density at radius 2 is 1.90 bits per heavy atom. The van der Waals surface area contributed by atoms with Gasteiger partial charge in [-0.25, -0.2) is 0 Å². The summed E-state index contributed by atoms with van der Waals surface area (Å²) in [6, 6.07) is 19.0. The number of rotatable bonds is 6. The number of hydrogen-bond acceptors (Lipinski definition) is 5. The van der Waals surface area contributed by atoms with Gasteiger partial charge in [0, 0.05) is 16.7 Å². The number of amides is 1. The number of anilines is 1. The number of nitrogens with zero attached hydrogens (tertiary/aromatic N) is 3. The number of phenols is 1. The topological polar surface area (TPSA) is 80.0 Å². The molecule has 0 aliphatic carbocycles. The van der Waals surface area contributed by atoms with Gasteiger partial charge in [0.1, 0.15) is 5.75 Å². The van der Waals surface area contributed by atoms with Crippen LogP contribution in [0.1, 0.15) is 6.92 Å². The van der Waals surface area contributed by atoms with Crippen LogP contribution in [0.25, 0.3) is 22.2 Å². The van der Waals surface area contributed by atoms with Crippen molar-refractivity contribution >= 4 is 50.1 Å². The van der Waals surface area contributed by atoms with Crippen LogP contribution >= 0.6 is 27.7 Å². The van der Waals surface area contributed by atoms with E-state index in [2.05, 4.69) is 31.4 Å². The number of thioether (sulfide) groups is 1. The van der Waals surface area contributed by atoms with Crippen molar-refractivity contribution in [2.45, 2.75) is 18.6 Å². The molecule has 1 heterocycles. The molecule has 0 aliphatic heterocycles. The molecule has 1 aromatic heterocycles. The lowest BCUT2D eigenvalue weighted by atomic mass is 10.1. The lowest BCUT2D eigenvalue weighted by Crippen LogP contribution is -2.14. The van der Waals surface area contributed by atoms with Crippen LogP contribution in [-0.2, 0) is 11.3 Å². The highest BCUT2D eigenvalue weighted by Crippen LogP contribution is 2.32. The summed E-state index contributed by atoms with van der Waals surface area (Å²) in [5, 5.41) is 24.4. The number of halogens is 1. The van der Waals surface area contributed by atoms with Crippen LogP contribution in [0, 0.1) is 0 Å². The van der Waals surface area contributed by atoms with Crippen molar-refractivity contribution in [2.75, 3.05) is 11.1 Å². The Hall–Kier alpha value is -2.84. The predicted molar refractivity (Wildman–Crippen MR) is 124 cm³/mol. The van der Waals surface area contributed by atoms with Crippen LogP contribution < -0.4 is 5.32 Å². The molecular formula is C22H19BrN4O2S. The van der Waals surface area contributed by atoms with Crippen molar-refractivity contribution in [3.05, 3.63) is 65.1 Å². The molecule has 30 heavy (non-hydrogen) atoms. The molecule has 1 amide bonds. The van der Waals surface area contributed by atoms with Crippen molar-refractivity contribution in [1.82, 2.24) is 14.8 Å². The standard InChI is InChI=1S/C22H19BrN4O2S/c1-2-27-21(18-12-16(23)8-10-19(18)28)25-26-22(27)30-13-20(29)24-17-9-7-14-5-3-4-6-15(14)11-17/h3-12,28H,2,13H2,1H3,(H,24,29). The number of carbonyl (C=O) groups is 1. The Labute approximate surface area is 186 Å². The van der Waals surface area contributed by atoms with E-state index in [9.17, 15) is 9.90 Å². The van der Waals surface area contributed by atoms with Crippen molar-refractivity contribution < 1.29 is 9.90 Å². The summed E-state index contributed by atoms with van der Waals surface area (Å²) in [6.45, 7) is 2.59. The Morgan fingerprint density at radius 3 is 2.70 bits per heavy atom. The van der Waals surface area contributed by atoms with E-state index in [0.717, 1.165) is 20.9 Å². The van der Waals surface area contributed by atoms with E-state index in [4.69, 9.17) is 0 Å². The minimum atomic E-state index is -0.118. The predicted octanol–water partition coefficient (Wildman–Crippen LogP) is 5.32. The van der Waals surface area contributed by atoms with Crippen LogP contribution in [0.2, 0.25) is 0 Å². The average molecular weight is 483 g/mol. The van der Waals surface area contributed by atoms with E-state index >= 15 is 0 Å². The molecule has 0 aliphatic rings. The SMILES string of the molecule is CCn1c(SCC(=O)Nc2ccc3ccccc3c2)nnc1-c1cc(Br)ccc1O. The molecule has 0 spiro atoms. The fraction of sp³-hybridized carbons (Fsp3) is 0.136. The smallest absolute Gasteiger partial charge is 0.234 e. The minimum absolute atomic E-state index is 0.118. The van der Waals surface area contributed by atoms with Gasteiger partial charge in [-0.2, -0.15) is 0 Å². The number of carbonyl (C=O) groups excluding carboxylic acids is 1. The van der Waals surface area contributed by atoms with Gasteiger partial charge in [-0.3, -0.25) is 4.79 Å². The molecule has 0 saturated carbocycles. The van der Waals surface area contributed by atoms with Gasteiger partial charge in [0.15, 0.2) is 11.0 Å². The largest absolute Gasteiger partial charge is 0.507 e. The monoisotopic (exact) mass is 482 g/mol. The number of phenolic OH excluding ortho intramolecular Hbond substituents is 1. The Morgan fingerprint density at radius 1 is 1.10 bits per heavy atom. The third kappa shape index (κ3) is 4.34. The highest BCUT2D eigenvalue weighted by Gasteiger charge is 2.17. The van der Waals surface area contributed by atoms with Crippen LogP contribution in [0.5, 0.6) is 5.75 Å². The number of benzene rings is 3. The first-order valence-electron chi connectivity index (χ1n) is 9.38. The maximum absolute atomic E-state index is 12.5. The molecular weight excluding hydrogens is 464 g/mol. The maximum Gasteiger partial charge on any atom is 0.234 e. The highest BCUT2D eigenvalue weighted by atomic mass is 79.9. The molecule has 8 heteroatoms. The first kappa shape index (κ1) is 20.4. The molecule has 4 rings (SSSR count). The number of nitrogens with one attached hydrogen (secondary N) is 1. The van der Waals surface area contributed by atoms with Gasteiger partial charge < -0.3 is 15.0 Å². The summed E-state index contributed by atoms with van der Waals surface area (Å²) in [5.41, 5.74) is 1.35. The van der Waals surface area contributed by atoms with E-state index in [1.165, 1.54) is 11.8 Å². The summed E-state index contributed by atoms with van der Waals surface area (Å²) in [4.78, 5) is 12.5. The van der Waals surface area contributed by atoms with Gasteiger partial charge in [-0.15, -0.1) is 10.2 Å². The second-order valence-electron chi connectivity index (χ2n) is 6.61. The Kier molecular flexibility index (Phi) is 6.06. The lowest BCUT2D eigenvalue weighted by Gasteiger charge is -2.09. The zero-order valence-electron chi connectivity index (χ0n) is 16.2. The summed E-state index contributed by atoms with van der Waals surface area (Å²) < 4.78 is 2.72. The fourth-order valence-electron chi connectivity index (χ4n) is 3.16. The van der Waals surface area contributed by atoms with E-state index < -0.39 is 0 Å². The summed E-state index contributed by atoms with van der Waals surface area (Å²) >= 11 is 4.73. The molecule has 0 radical (unpaired) electrons. The third-order valence-electron chi connectivity index (χ3n) is 4.60. The zero-order chi connectivity index (χ0) is 21.1. The summed E-state index contributed by atoms with van der Waals surface area (Å²) in [5.74, 6) is 0.780. The van der Waals surface area contributed by atoms with Crippen LogP contribution in [-0.4, -0.2) is 31.5 Å². The van der Waals surface area contributed by atoms with E-state index in [0.29, 0.717) is 23.1 Å². The van der Waals surface area contributed by atoms with Crippen molar-refractivity contribution in [3.63, 3.8) is 0 Å². The summed E-state index contributed by atoms with van der Waals surface area (Å²) in [7, 11) is 0. The number of hydrogen-bond donors (Lipinski definition) is 2. The molecule has 3 aromatic carbocycles. The zero-order valence-corrected chi connectivity index (χ0v) is 18.6. The van der Waals surface area contributed by atoms with E-state index in [1.54, 1.807) is 18.2 Å². The Balaban J connectivity index is 1.47. The molecule has 4 aromatic rings. The van der Waals surface area contributed by atoms with Crippen molar-refractivity contribution in [3.8, 4) is 17.1 Å². The van der Waals surface area contributed by atoms with Gasteiger partial charge in [0.2, 0.25) is 5.91 Å². The van der Waals surface area contributed by atoms with Gasteiger partial charge in [0.25, 0.3) is 0 Å². The normalized spacial score (nSPS) is 11.0. The first-order valence-corrected chi connectivity index (χ1v) is 11.2. The molecule has 6 nitrogen and oxygen atoms in total. The van der Waals surface area contributed by atoms with Gasteiger partial charge in [-0.1, -0.05) is 58.0 Å². The quantitative estimate of drug-likeness (QED) is 0.363. The number of fused-ring (bicyclic) bond motifs is 1. The highest BCUT2D eigenvalue weighted by molar-refractivity contribution is 9.10. The van der Waals surface area contributed by atoms with Crippen molar-refractivity contribution in [1.29, 1.82) is 0 Å².